The van der Waals surface area contributed by atoms with E-state index in [9.17, 15) is 0 Å². The predicted molar refractivity (Wildman–Crippen MR) is 111 cm³/mol. The molecule has 0 amide bonds. The molecule has 8 heteroatoms. The van der Waals surface area contributed by atoms with E-state index in [0.717, 1.165) is 16.8 Å². The molecule has 2 aromatic carbocycles. The van der Waals surface area contributed by atoms with Gasteiger partial charge in [-0.3, -0.25) is 0 Å². The Morgan fingerprint density at radius 3 is 2.25 bits per heavy atom. The Morgan fingerprint density at radius 1 is 0.893 bits per heavy atom. The van der Waals surface area contributed by atoms with Crippen LogP contribution in [0.2, 0.25) is 0 Å². The van der Waals surface area contributed by atoms with Crippen LogP contribution in [0.1, 0.15) is 0 Å². The number of nitrogens with one attached hydrogen (secondary N) is 3. The third-order valence-electron chi connectivity index (χ3n) is 3.91. The van der Waals surface area contributed by atoms with Crippen LogP contribution in [0.15, 0.2) is 60.7 Å². The van der Waals surface area contributed by atoms with Gasteiger partial charge in [0.05, 0.1) is 25.4 Å². The first-order valence-corrected chi connectivity index (χ1v) is 9.00. The maximum atomic E-state index is 8.82. The molecule has 3 rings (SSSR count). The highest BCUT2D eigenvalue weighted by Gasteiger charge is 2.16. The Morgan fingerprint density at radius 2 is 1.57 bits per heavy atom. The zero-order valence-corrected chi connectivity index (χ0v) is 15.4. The Kier molecular flexibility index (Phi) is 7.14. The van der Waals surface area contributed by atoms with E-state index in [0.29, 0.717) is 37.3 Å². The average molecular weight is 380 g/mol. The first-order chi connectivity index (χ1) is 13.8. The second-order valence-electron chi connectivity index (χ2n) is 5.88. The summed E-state index contributed by atoms with van der Waals surface area (Å²) in [5, 5.41) is 15.3. The van der Waals surface area contributed by atoms with Crippen molar-refractivity contribution in [1.82, 2.24) is 9.97 Å². The minimum absolute atomic E-state index is 0.00480. The van der Waals surface area contributed by atoms with Crippen molar-refractivity contribution < 1.29 is 9.84 Å². The molecule has 0 unspecified atom stereocenters. The SMILES string of the molecule is NNc1nc(Nc2ccccc2)nc(NCCOCCO)c1-c1ccccc1. The summed E-state index contributed by atoms with van der Waals surface area (Å²) in [6.45, 7) is 1.25. The second-order valence-corrected chi connectivity index (χ2v) is 5.88. The van der Waals surface area contributed by atoms with E-state index < -0.39 is 0 Å². The molecule has 8 nitrogen and oxygen atoms in total. The summed E-state index contributed by atoms with van der Waals surface area (Å²) in [6, 6.07) is 19.4. The molecule has 1 heterocycles. The van der Waals surface area contributed by atoms with Gasteiger partial charge in [0.2, 0.25) is 5.95 Å². The van der Waals surface area contributed by atoms with Crippen LogP contribution in [0.3, 0.4) is 0 Å². The molecule has 0 saturated carbocycles. The third-order valence-corrected chi connectivity index (χ3v) is 3.91. The van der Waals surface area contributed by atoms with Crippen LogP contribution < -0.4 is 21.9 Å². The minimum atomic E-state index is -0.00480. The van der Waals surface area contributed by atoms with Crippen molar-refractivity contribution in [3.05, 3.63) is 60.7 Å². The molecule has 0 aliphatic carbocycles. The molecule has 0 atom stereocenters. The quantitative estimate of drug-likeness (QED) is 0.207. The summed E-state index contributed by atoms with van der Waals surface area (Å²) in [5.41, 5.74) is 5.24. The summed E-state index contributed by atoms with van der Waals surface area (Å²) >= 11 is 0. The molecular formula is C20H24N6O2. The van der Waals surface area contributed by atoms with Gasteiger partial charge in [-0.1, -0.05) is 48.5 Å². The fourth-order valence-electron chi connectivity index (χ4n) is 2.69. The lowest BCUT2D eigenvalue weighted by Crippen LogP contribution is -2.17. The van der Waals surface area contributed by atoms with Gasteiger partial charge in [0.25, 0.3) is 0 Å². The number of hydrogen-bond acceptors (Lipinski definition) is 8. The molecule has 0 spiro atoms. The average Bonchev–Trinajstić information content (AvgIpc) is 2.74. The van der Waals surface area contributed by atoms with E-state index in [-0.39, 0.29) is 6.61 Å². The van der Waals surface area contributed by atoms with E-state index in [1.165, 1.54) is 0 Å². The number of rotatable bonds is 10. The molecule has 1 aromatic heterocycles. The molecule has 0 fully saturated rings. The lowest BCUT2D eigenvalue weighted by atomic mass is 10.1. The lowest BCUT2D eigenvalue weighted by molar-refractivity contribution is 0.0992. The number of aromatic nitrogens is 2. The standard InChI is InChI=1S/C20H24N6O2/c21-26-19-17(15-7-3-1-4-8-15)18(22-11-13-28-14-12-27)24-20(25-19)23-16-9-5-2-6-10-16/h1-10,27H,11-14,21H2,(H3,22,23,24,25,26). The highest BCUT2D eigenvalue weighted by atomic mass is 16.5. The van der Waals surface area contributed by atoms with Crippen molar-refractivity contribution in [2.45, 2.75) is 0 Å². The Labute approximate surface area is 163 Å². The molecule has 0 bridgehead atoms. The third kappa shape index (κ3) is 5.17. The number of aliphatic hydroxyl groups excluding tert-OH is 1. The Hall–Kier alpha value is -3.20. The van der Waals surface area contributed by atoms with Gasteiger partial charge < -0.3 is 25.9 Å². The van der Waals surface area contributed by atoms with Crippen molar-refractivity contribution in [3.8, 4) is 11.1 Å². The van der Waals surface area contributed by atoms with Crippen LogP contribution >= 0.6 is 0 Å². The maximum Gasteiger partial charge on any atom is 0.231 e. The van der Waals surface area contributed by atoms with Crippen molar-refractivity contribution in [3.63, 3.8) is 0 Å². The summed E-state index contributed by atoms with van der Waals surface area (Å²) in [4.78, 5) is 9.16. The second kappa shape index (κ2) is 10.2. The number of ether oxygens (including phenoxy) is 1. The van der Waals surface area contributed by atoms with Gasteiger partial charge in [-0.15, -0.1) is 0 Å². The molecule has 0 saturated heterocycles. The minimum Gasteiger partial charge on any atom is -0.394 e. The fraction of sp³-hybridized carbons (Fsp3) is 0.200. The monoisotopic (exact) mass is 380 g/mol. The van der Waals surface area contributed by atoms with Crippen molar-refractivity contribution in [1.29, 1.82) is 0 Å². The lowest BCUT2D eigenvalue weighted by Gasteiger charge is -2.17. The number of nitrogens with two attached hydrogens (primary N) is 1. The number of nitrogen functional groups attached to an aromatic ring is 1. The Balaban J connectivity index is 1.92. The first-order valence-electron chi connectivity index (χ1n) is 9.00. The Bertz CT molecular complexity index is 861. The van der Waals surface area contributed by atoms with E-state index in [4.69, 9.17) is 15.7 Å². The van der Waals surface area contributed by atoms with Gasteiger partial charge in [-0.2, -0.15) is 9.97 Å². The summed E-state index contributed by atoms with van der Waals surface area (Å²) < 4.78 is 5.32. The molecule has 3 aromatic rings. The van der Waals surface area contributed by atoms with Crippen LogP contribution in [-0.4, -0.2) is 41.4 Å². The van der Waals surface area contributed by atoms with Crippen LogP contribution in [0.4, 0.5) is 23.3 Å². The van der Waals surface area contributed by atoms with E-state index in [1.807, 2.05) is 60.7 Å². The molecule has 0 aliphatic heterocycles. The normalized spacial score (nSPS) is 10.5. The molecule has 0 aliphatic rings. The van der Waals surface area contributed by atoms with Crippen molar-refractivity contribution in [2.75, 3.05) is 42.4 Å². The molecular weight excluding hydrogens is 356 g/mol. The summed E-state index contributed by atoms with van der Waals surface area (Å²) in [7, 11) is 0. The number of hydrazine groups is 1. The van der Waals surface area contributed by atoms with Crippen LogP contribution in [0, 0.1) is 0 Å². The van der Waals surface area contributed by atoms with Gasteiger partial charge in [-0.05, 0) is 17.7 Å². The number of aliphatic hydroxyl groups is 1. The smallest absolute Gasteiger partial charge is 0.231 e. The van der Waals surface area contributed by atoms with Gasteiger partial charge in [0, 0.05) is 12.2 Å². The zero-order chi connectivity index (χ0) is 19.6. The maximum absolute atomic E-state index is 8.82. The van der Waals surface area contributed by atoms with Gasteiger partial charge in [0.15, 0.2) is 5.82 Å². The molecule has 28 heavy (non-hydrogen) atoms. The number of nitrogens with zero attached hydrogens (tertiary/aromatic N) is 2. The molecule has 0 radical (unpaired) electrons. The van der Waals surface area contributed by atoms with E-state index in [1.54, 1.807) is 0 Å². The summed E-state index contributed by atoms with van der Waals surface area (Å²) in [5.74, 6) is 7.30. The van der Waals surface area contributed by atoms with Crippen LogP contribution in [-0.2, 0) is 4.74 Å². The highest BCUT2D eigenvalue weighted by Crippen LogP contribution is 2.33. The van der Waals surface area contributed by atoms with E-state index in [2.05, 4.69) is 26.0 Å². The topological polar surface area (TPSA) is 117 Å². The molecule has 6 N–H and O–H groups in total. The van der Waals surface area contributed by atoms with Gasteiger partial charge in [-0.25, -0.2) is 5.84 Å². The first kappa shape index (κ1) is 19.6. The van der Waals surface area contributed by atoms with Gasteiger partial charge >= 0.3 is 0 Å². The number of benzene rings is 2. The number of hydrogen-bond donors (Lipinski definition) is 5. The fourth-order valence-corrected chi connectivity index (χ4v) is 2.69. The summed E-state index contributed by atoms with van der Waals surface area (Å²) in [6.07, 6.45) is 0. The van der Waals surface area contributed by atoms with Crippen molar-refractivity contribution >= 4 is 23.3 Å². The highest BCUT2D eigenvalue weighted by molar-refractivity contribution is 5.85. The van der Waals surface area contributed by atoms with Crippen LogP contribution in [0.5, 0.6) is 0 Å². The van der Waals surface area contributed by atoms with Gasteiger partial charge in [0.1, 0.15) is 5.82 Å². The van der Waals surface area contributed by atoms with Crippen molar-refractivity contribution in [2.24, 2.45) is 5.84 Å². The number of anilines is 4. The van der Waals surface area contributed by atoms with Crippen LogP contribution in [0.25, 0.3) is 11.1 Å². The zero-order valence-electron chi connectivity index (χ0n) is 15.4. The molecule has 146 valence electrons. The number of para-hydroxylation sites is 1. The van der Waals surface area contributed by atoms with E-state index >= 15 is 0 Å². The largest absolute Gasteiger partial charge is 0.394 e. The predicted octanol–water partition coefficient (Wildman–Crippen LogP) is 2.59.